The Kier molecular flexibility index (Phi) is 3.47. The minimum Gasteiger partial charge on any atom is -0.250 e. The van der Waals surface area contributed by atoms with E-state index in [-0.39, 0.29) is 11.2 Å². The maximum absolute atomic E-state index is 12.8. The van der Waals surface area contributed by atoms with Crippen LogP contribution in [0.4, 0.5) is 0 Å². The molecule has 0 bridgehead atoms. The van der Waals surface area contributed by atoms with E-state index in [1.54, 1.807) is 19.2 Å². The largest absolute Gasteiger partial charge is 0.445 e. The summed E-state index contributed by atoms with van der Waals surface area (Å²) in [6, 6.07) is 16.9. The van der Waals surface area contributed by atoms with E-state index in [9.17, 15) is 9.59 Å². The number of benzene rings is 1. The Labute approximate surface area is 147 Å². The van der Waals surface area contributed by atoms with Crippen LogP contribution in [0.2, 0.25) is 5.02 Å². The van der Waals surface area contributed by atoms with Gasteiger partial charge in [0, 0.05) is 10.4 Å². The van der Waals surface area contributed by atoms with Crippen molar-refractivity contribution in [1.29, 1.82) is 0 Å². The Balaban J connectivity index is 2.36. The molecule has 0 saturated heterocycles. The van der Waals surface area contributed by atoms with Gasteiger partial charge >= 0.3 is 11.2 Å². The number of nitrogens with zero attached hydrogens (tertiary/aromatic N) is 3. The van der Waals surface area contributed by atoms with Crippen LogP contribution in [-0.4, -0.2) is 9.13 Å². The highest BCUT2D eigenvalue weighted by Gasteiger charge is 2.25. The highest BCUT2D eigenvalue weighted by molar-refractivity contribution is 6.30. The number of rotatable bonds is 1. The summed E-state index contributed by atoms with van der Waals surface area (Å²) in [7, 11) is 3.17. The molecule has 0 aliphatic rings. The molecule has 0 spiro atoms. The minimum atomic E-state index is -0.361. The number of halogens is 1. The number of aryl methyl sites for hydroxylation is 1. The first kappa shape index (κ1) is 15.6. The van der Waals surface area contributed by atoms with Crippen LogP contribution in [0.25, 0.3) is 27.6 Å². The molecule has 0 saturated carbocycles. The van der Waals surface area contributed by atoms with Gasteiger partial charge in [-0.2, -0.15) is 9.13 Å². The second-order valence-corrected chi connectivity index (χ2v) is 6.36. The normalized spacial score (nSPS) is 11.3. The third-order valence-electron chi connectivity index (χ3n) is 4.46. The number of aromatic nitrogens is 3. The summed E-state index contributed by atoms with van der Waals surface area (Å²) in [5.74, 6) is 0. The van der Waals surface area contributed by atoms with Gasteiger partial charge in [-0.1, -0.05) is 35.9 Å². The second kappa shape index (κ2) is 5.57. The molecule has 6 heteroatoms. The maximum atomic E-state index is 12.8. The quantitative estimate of drug-likeness (QED) is 0.494. The molecule has 2 heterocycles. The average Bonchev–Trinajstić information content (AvgIpc) is 2.76. The summed E-state index contributed by atoms with van der Waals surface area (Å²) in [4.78, 5) is 25.3. The second-order valence-electron chi connectivity index (χ2n) is 5.93. The van der Waals surface area contributed by atoms with Crippen molar-refractivity contribution < 1.29 is 4.57 Å². The van der Waals surface area contributed by atoms with Crippen molar-refractivity contribution in [3.05, 3.63) is 80.5 Å². The van der Waals surface area contributed by atoms with Gasteiger partial charge < -0.3 is 0 Å². The zero-order chi connectivity index (χ0) is 17.7. The molecule has 5 nitrogen and oxygen atoms in total. The number of fused-ring (bicyclic) bond motifs is 3. The van der Waals surface area contributed by atoms with Gasteiger partial charge in [-0.15, -0.1) is 0 Å². The van der Waals surface area contributed by atoms with Crippen molar-refractivity contribution in [2.24, 2.45) is 14.1 Å². The first-order valence-corrected chi connectivity index (χ1v) is 8.17. The van der Waals surface area contributed by atoms with Crippen LogP contribution in [0, 0.1) is 0 Å². The van der Waals surface area contributed by atoms with Crippen LogP contribution >= 0.6 is 11.6 Å². The smallest absolute Gasteiger partial charge is 0.250 e. The Bertz CT molecular complexity index is 1250. The molecule has 0 N–H and O–H groups in total. The highest BCUT2D eigenvalue weighted by Crippen LogP contribution is 2.27. The molecular formula is C19H15ClN3O2+. The molecule has 0 atom stereocenters. The maximum Gasteiger partial charge on any atom is 0.445 e. The van der Waals surface area contributed by atoms with Crippen LogP contribution in [-0.2, 0) is 14.1 Å². The van der Waals surface area contributed by atoms with Crippen molar-refractivity contribution in [3.63, 3.8) is 0 Å². The fourth-order valence-corrected chi connectivity index (χ4v) is 3.37. The van der Waals surface area contributed by atoms with Gasteiger partial charge in [-0.05, 0) is 30.3 Å². The molecule has 2 aromatic carbocycles. The molecule has 4 rings (SSSR count). The third-order valence-corrected chi connectivity index (χ3v) is 4.71. The molecule has 0 fully saturated rings. The molecule has 0 unspecified atom stereocenters. The predicted molar refractivity (Wildman–Crippen MR) is 98.5 cm³/mol. The molecule has 2 aromatic heterocycles. The Morgan fingerprint density at radius 3 is 2.36 bits per heavy atom. The van der Waals surface area contributed by atoms with Crippen LogP contribution < -0.4 is 15.8 Å². The molecule has 0 amide bonds. The number of hydrogen-bond acceptors (Lipinski definition) is 2. The van der Waals surface area contributed by atoms with Crippen LogP contribution in [0.15, 0.2) is 64.2 Å². The monoisotopic (exact) mass is 352 g/mol. The lowest BCUT2D eigenvalue weighted by Crippen LogP contribution is -2.55. The lowest BCUT2D eigenvalue weighted by atomic mass is 10.2. The van der Waals surface area contributed by atoms with E-state index in [1.807, 2.05) is 47.0 Å². The van der Waals surface area contributed by atoms with E-state index in [1.165, 1.54) is 11.6 Å². The molecular weight excluding hydrogens is 338 g/mol. The van der Waals surface area contributed by atoms with Gasteiger partial charge in [0.25, 0.3) is 5.65 Å². The SMILES string of the molecule is Cn1c(=O)c2c3cccccc3n(-c3ccc(Cl)cc3)c2[n+](C)c1=O. The topological polar surface area (TPSA) is 47.9 Å². The first-order chi connectivity index (χ1) is 12.0. The lowest BCUT2D eigenvalue weighted by Gasteiger charge is -2.04. The first-order valence-electron chi connectivity index (χ1n) is 7.79. The van der Waals surface area contributed by atoms with Crippen LogP contribution in [0.3, 0.4) is 0 Å². The molecule has 124 valence electrons. The van der Waals surface area contributed by atoms with Gasteiger partial charge in [0.05, 0.1) is 14.1 Å². The summed E-state index contributed by atoms with van der Waals surface area (Å²) < 4.78 is 4.57. The fraction of sp³-hybridized carbons (Fsp3) is 0.105. The summed E-state index contributed by atoms with van der Waals surface area (Å²) in [6.07, 6.45) is 0. The molecule has 0 radical (unpaired) electrons. The van der Waals surface area contributed by atoms with E-state index in [0.29, 0.717) is 16.1 Å². The van der Waals surface area contributed by atoms with Crippen molar-refractivity contribution in [3.8, 4) is 5.69 Å². The van der Waals surface area contributed by atoms with E-state index in [4.69, 9.17) is 11.6 Å². The van der Waals surface area contributed by atoms with Crippen LogP contribution in [0.1, 0.15) is 0 Å². The Hall–Kier alpha value is -2.92. The molecule has 0 aliphatic carbocycles. The lowest BCUT2D eigenvalue weighted by molar-refractivity contribution is -0.667. The Morgan fingerprint density at radius 1 is 0.960 bits per heavy atom. The molecule has 0 aliphatic heterocycles. The summed E-state index contributed by atoms with van der Waals surface area (Å²) in [5, 5.41) is 1.94. The van der Waals surface area contributed by atoms with Gasteiger partial charge in [-0.3, -0.25) is 0 Å². The fourth-order valence-electron chi connectivity index (χ4n) is 3.24. The average molecular weight is 353 g/mol. The minimum absolute atomic E-state index is 0.304. The van der Waals surface area contributed by atoms with Crippen molar-refractivity contribution in [2.75, 3.05) is 0 Å². The molecule has 4 aromatic rings. The Morgan fingerprint density at radius 2 is 1.64 bits per heavy atom. The van der Waals surface area contributed by atoms with E-state index >= 15 is 0 Å². The van der Waals surface area contributed by atoms with Crippen LogP contribution in [0.5, 0.6) is 0 Å². The number of hydrogen-bond donors (Lipinski definition) is 0. The van der Waals surface area contributed by atoms with E-state index in [0.717, 1.165) is 21.2 Å². The van der Waals surface area contributed by atoms with Gasteiger partial charge in [0.1, 0.15) is 16.6 Å². The van der Waals surface area contributed by atoms with Gasteiger partial charge in [0.15, 0.2) is 0 Å². The van der Waals surface area contributed by atoms with E-state index < -0.39 is 0 Å². The standard InChI is InChI=1S/C19H15ClN3O2/c1-21-17-16(18(24)22(2)19(21)25)14-6-4-3-5-7-15(14)23(17)13-10-8-12(20)9-11-13/h3-11H,1-2H3/q+1. The summed E-state index contributed by atoms with van der Waals surface area (Å²) >= 11 is 6.02. The predicted octanol–water partition coefficient (Wildman–Crippen LogP) is 2.32. The zero-order valence-corrected chi connectivity index (χ0v) is 14.5. The van der Waals surface area contributed by atoms with E-state index in [2.05, 4.69) is 0 Å². The van der Waals surface area contributed by atoms with Crippen molar-refractivity contribution >= 4 is 33.5 Å². The molecule has 25 heavy (non-hydrogen) atoms. The summed E-state index contributed by atoms with van der Waals surface area (Å²) in [5.41, 5.74) is 1.58. The highest BCUT2D eigenvalue weighted by atomic mass is 35.5. The van der Waals surface area contributed by atoms with Gasteiger partial charge in [0.2, 0.25) is 0 Å². The third kappa shape index (κ3) is 2.20. The van der Waals surface area contributed by atoms with Gasteiger partial charge in [-0.25, -0.2) is 14.2 Å². The summed E-state index contributed by atoms with van der Waals surface area (Å²) in [6.45, 7) is 0. The van der Waals surface area contributed by atoms with Crippen molar-refractivity contribution in [1.82, 2.24) is 9.13 Å². The van der Waals surface area contributed by atoms with Crippen molar-refractivity contribution in [2.45, 2.75) is 0 Å². The zero-order valence-electron chi connectivity index (χ0n) is 13.7.